The van der Waals surface area contributed by atoms with Gasteiger partial charge in [-0.15, -0.1) is 0 Å². The van der Waals surface area contributed by atoms with Crippen LogP contribution in [0.15, 0.2) is 53.6 Å². The summed E-state index contributed by atoms with van der Waals surface area (Å²) in [7, 11) is 0. The van der Waals surface area contributed by atoms with Crippen LogP contribution in [0.5, 0.6) is 0 Å². The van der Waals surface area contributed by atoms with E-state index < -0.39 is 6.10 Å². The number of hydrazone groups is 1. The summed E-state index contributed by atoms with van der Waals surface area (Å²) in [5, 5.41) is 24.2. The summed E-state index contributed by atoms with van der Waals surface area (Å²) in [6, 6.07) is 14.7. The predicted octanol–water partition coefficient (Wildman–Crippen LogP) is 0.210. The van der Waals surface area contributed by atoms with Gasteiger partial charge in [-0.1, -0.05) is 25.1 Å². The monoisotopic (exact) mass is 379 g/mol. The van der Waals surface area contributed by atoms with Gasteiger partial charge in [0, 0.05) is 29.6 Å². The highest BCUT2D eigenvalue weighted by atomic mass is 16.3. The first-order chi connectivity index (χ1) is 13.6. The average Bonchev–Trinajstić information content (AvgIpc) is 3.17. The van der Waals surface area contributed by atoms with Crippen LogP contribution in [0.25, 0.3) is 10.9 Å². The van der Waals surface area contributed by atoms with E-state index in [-0.39, 0.29) is 12.5 Å². The molecule has 8 heteroatoms. The number of hydrogen-bond acceptors (Lipinski definition) is 5. The van der Waals surface area contributed by atoms with Crippen molar-refractivity contribution in [3.63, 3.8) is 0 Å². The number of carbonyl (C=O) groups excluding carboxylic acids is 1. The number of H-pyrrole nitrogens is 1. The highest BCUT2D eigenvalue weighted by Gasteiger charge is 2.13. The molecular weight excluding hydrogens is 356 g/mol. The maximum Gasteiger partial charge on any atom is 0.251 e. The molecule has 0 saturated carbocycles. The Labute approximate surface area is 162 Å². The normalized spacial score (nSPS) is 13.1. The Balaban J connectivity index is 1.70. The summed E-state index contributed by atoms with van der Waals surface area (Å²) >= 11 is 0. The Morgan fingerprint density at radius 1 is 1.32 bits per heavy atom. The first-order valence-corrected chi connectivity index (χ1v) is 8.99. The molecule has 3 rings (SSSR count). The minimum absolute atomic E-state index is 0.227. The maximum atomic E-state index is 12.1. The molecular formula is C20H23N6O2+. The zero-order valence-electron chi connectivity index (χ0n) is 15.5. The Bertz CT molecular complexity index is 1010. The number of rotatable bonds is 7. The number of aromatic nitrogens is 2. The van der Waals surface area contributed by atoms with Gasteiger partial charge in [0.05, 0.1) is 11.6 Å². The average molecular weight is 379 g/mol. The number of aromatic amines is 1. The second-order valence-corrected chi connectivity index (χ2v) is 6.27. The molecule has 2 aromatic carbocycles. The number of fused-ring (bicyclic) bond motifs is 1. The molecule has 0 aliphatic carbocycles. The van der Waals surface area contributed by atoms with Crippen molar-refractivity contribution < 1.29 is 14.9 Å². The summed E-state index contributed by atoms with van der Waals surface area (Å²) in [4.78, 5) is 15.2. The molecule has 0 saturated heterocycles. The summed E-state index contributed by atoms with van der Waals surface area (Å²) in [5.41, 5.74) is 3.32. The van der Waals surface area contributed by atoms with E-state index in [4.69, 9.17) is 5.84 Å². The van der Waals surface area contributed by atoms with Gasteiger partial charge in [-0.3, -0.25) is 9.89 Å². The van der Waals surface area contributed by atoms with Crippen LogP contribution in [-0.4, -0.2) is 45.8 Å². The minimum atomic E-state index is -0.536. The summed E-state index contributed by atoms with van der Waals surface area (Å²) in [6.07, 6.45) is 1.72. The fraction of sp³-hybridized carbons (Fsp3) is 0.200. The smallest absolute Gasteiger partial charge is 0.251 e. The van der Waals surface area contributed by atoms with Crippen molar-refractivity contribution in [3.05, 3.63) is 59.8 Å². The number of hydrogen-bond donors (Lipinski definition) is 5. The third-order valence-electron chi connectivity index (χ3n) is 4.34. The quantitative estimate of drug-likeness (QED) is 0.228. The summed E-state index contributed by atoms with van der Waals surface area (Å²) in [6.45, 7) is 2.09. The lowest BCUT2D eigenvalue weighted by Crippen LogP contribution is -2.63. The molecule has 1 amide bonds. The number of nitrogens with two attached hydrogens (primary N) is 1. The Kier molecular flexibility index (Phi) is 6.13. The number of carbonyl (C=O) groups is 1. The maximum absolute atomic E-state index is 12.1. The van der Waals surface area contributed by atoms with E-state index >= 15 is 0 Å². The van der Waals surface area contributed by atoms with Gasteiger partial charge >= 0.3 is 0 Å². The van der Waals surface area contributed by atoms with Crippen LogP contribution in [0.2, 0.25) is 0 Å². The first-order valence-electron chi connectivity index (χ1n) is 8.99. The van der Waals surface area contributed by atoms with Gasteiger partial charge in [-0.2, -0.15) is 10.2 Å². The number of aliphatic hydroxyl groups is 1. The zero-order chi connectivity index (χ0) is 19.9. The van der Waals surface area contributed by atoms with Crippen LogP contribution in [0.1, 0.15) is 29.4 Å². The van der Waals surface area contributed by atoms with Crippen molar-refractivity contribution in [2.24, 2.45) is 10.9 Å². The standard InChI is InChI=1S/C20H22N6O2/c1-2-15(27)11-23-20(28)13-7-9-14(10-8-13)22-12-18(24-21)19-16-5-3-4-6-17(16)25-26-19/h3-10,12,15,27H,2,11,21H2,1H3,(H,23,28)(H,25,26)/p+1. The number of nitrogens with one attached hydrogen (secondary N) is 3. The second-order valence-electron chi connectivity index (χ2n) is 6.27. The zero-order valence-corrected chi connectivity index (χ0v) is 15.5. The number of nitrogens with zero attached hydrogens (tertiary/aromatic N) is 2. The molecule has 1 aromatic heterocycles. The van der Waals surface area contributed by atoms with Crippen molar-refractivity contribution in [1.29, 1.82) is 0 Å². The number of benzene rings is 2. The molecule has 0 bridgehead atoms. The fourth-order valence-corrected chi connectivity index (χ4v) is 2.65. The van der Waals surface area contributed by atoms with Gasteiger partial charge in [-0.25, -0.2) is 4.99 Å². The number of amides is 1. The molecule has 0 aliphatic heterocycles. The lowest BCUT2D eigenvalue weighted by Gasteiger charge is -2.09. The Morgan fingerprint density at radius 3 is 2.79 bits per heavy atom. The van der Waals surface area contributed by atoms with Crippen molar-refractivity contribution >= 4 is 34.4 Å². The largest absolute Gasteiger partial charge is 0.391 e. The molecule has 1 unspecified atom stereocenters. The molecule has 1 atom stereocenters. The topological polar surface area (TPSA) is 130 Å². The van der Waals surface area contributed by atoms with Crippen LogP contribution in [0.3, 0.4) is 0 Å². The minimum Gasteiger partial charge on any atom is -0.391 e. The Morgan fingerprint density at radius 2 is 2.07 bits per heavy atom. The van der Waals surface area contributed by atoms with Gasteiger partial charge in [0.15, 0.2) is 11.9 Å². The van der Waals surface area contributed by atoms with E-state index in [1.54, 1.807) is 30.5 Å². The lowest BCUT2D eigenvalue weighted by atomic mass is 10.1. The van der Waals surface area contributed by atoms with Crippen LogP contribution >= 0.6 is 0 Å². The van der Waals surface area contributed by atoms with Crippen molar-refractivity contribution in [2.75, 3.05) is 6.54 Å². The highest BCUT2D eigenvalue weighted by Crippen LogP contribution is 2.15. The van der Waals surface area contributed by atoms with E-state index in [2.05, 4.69) is 25.6 Å². The van der Waals surface area contributed by atoms with Crippen LogP contribution in [0.4, 0.5) is 5.69 Å². The van der Waals surface area contributed by atoms with Gasteiger partial charge in [0.2, 0.25) is 5.69 Å². The molecule has 0 radical (unpaired) electrons. The summed E-state index contributed by atoms with van der Waals surface area (Å²) in [5.74, 6) is 5.31. The van der Waals surface area contributed by atoms with Crippen molar-refractivity contribution in [2.45, 2.75) is 19.4 Å². The second kappa shape index (κ2) is 8.92. The van der Waals surface area contributed by atoms with Gasteiger partial charge < -0.3 is 16.3 Å². The van der Waals surface area contributed by atoms with E-state index in [0.29, 0.717) is 23.4 Å². The van der Waals surface area contributed by atoms with Crippen LogP contribution in [0, 0.1) is 0 Å². The van der Waals surface area contributed by atoms with Gasteiger partial charge in [-0.05, 0) is 24.6 Å². The van der Waals surface area contributed by atoms with E-state index in [9.17, 15) is 9.90 Å². The third kappa shape index (κ3) is 4.41. The van der Waals surface area contributed by atoms with Crippen LogP contribution in [-0.2, 0) is 0 Å². The highest BCUT2D eigenvalue weighted by molar-refractivity contribution is 6.38. The molecule has 0 fully saturated rings. The molecule has 3 aromatic rings. The number of aliphatic hydroxyl groups excluding tert-OH is 1. The van der Waals surface area contributed by atoms with E-state index in [0.717, 1.165) is 16.6 Å². The molecule has 6 N–H and O–H groups in total. The van der Waals surface area contributed by atoms with Crippen molar-refractivity contribution in [1.82, 2.24) is 15.5 Å². The molecule has 0 aliphatic rings. The van der Waals surface area contributed by atoms with Gasteiger partial charge in [0.1, 0.15) is 5.69 Å². The fourth-order valence-electron chi connectivity index (χ4n) is 2.65. The van der Waals surface area contributed by atoms with E-state index in [1.807, 2.05) is 31.2 Å². The molecule has 1 heterocycles. The molecule has 144 valence electrons. The predicted molar refractivity (Wildman–Crippen MR) is 109 cm³/mol. The van der Waals surface area contributed by atoms with Crippen LogP contribution < -0.4 is 16.2 Å². The van der Waals surface area contributed by atoms with Crippen molar-refractivity contribution in [3.8, 4) is 0 Å². The van der Waals surface area contributed by atoms with Gasteiger partial charge in [0.25, 0.3) is 5.91 Å². The third-order valence-corrected chi connectivity index (χ3v) is 4.34. The summed E-state index contributed by atoms with van der Waals surface area (Å²) < 4.78 is 0. The molecule has 8 nitrogen and oxygen atoms in total. The number of para-hydroxylation sites is 1. The first kappa shape index (κ1) is 19.2. The van der Waals surface area contributed by atoms with E-state index in [1.165, 1.54) is 0 Å². The lowest BCUT2D eigenvalue weighted by molar-refractivity contribution is -0.345. The molecule has 0 spiro atoms. The molecule has 28 heavy (non-hydrogen) atoms. The SMILES string of the molecule is CCC(O)CNC(=O)c1ccc([NH+]=CC(=NN)c2n[nH]c3ccccc23)cc1. The Hall–Kier alpha value is -3.52.